The van der Waals surface area contributed by atoms with Crippen LogP contribution in [-0.4, -0.2) is 17.0 Å². The van der Waals surface area contributed by atoms with Crippen LogP contribution in [0.5, 0.6) is 0 Å². The van der Waals surface area contributed by atoms with Crippen LogP contribution in [0.15, 0.2) is 121 Å². The van der Waals surface area contributed by atoms with E-state index in [0.29, 0.717) is 0 Å². The highest BCUT2D eigenvalue weighted by Crippen LogP contribution is 2.51. The maximum absolute atomic E-state index is 2.79. The molecule has 1 aliphatic carbocycles. The van der Waals surface area contributed by atoms with Crippen molar-refractivity contribution in [1.82, 2.24) is 0 Å². The zero-order chi connectivity index (χ0) is 36.7. The summed E-state index contributed by atoms with van der Waals surface area (Å²) in [6.07, 6.45) is 5.77. The molecule has 1 nitrogen and oxygen atoms in total. The fourth-order valence-corrected chi connectivity index (χ4v) is 11.9. The van der Waals surface area contributed by atoms with E-state index in [4.69, 9.17) is 0 Å². The molecule has 0 N–H and O–H groups in total. The molecule has 54 heavy (non-hydrogen) atoms. The summed E-state index contributed by atoms with van der Waals surface area (Å²) >= 11 is 1.90. The third kappa shape index (κ3) is 4.42. The van der Waals surface area contributed by atoms with Gasteiger partial charge in [0.05, 0.1) is 12.0 Å². The zero-order valence-electron chi connectivity index (χ0n) is 32.2. The first kappa shape index (κ1) is 32.4. The van der Waals surface area contributed by atoms with Crippen molar-refractivity contribution in [2.24, 2.45) is 0 Å². The van der Waals surface area contributed by atoms with E-state index in [0.717, 1.165) is 6.42 Å². The average molecular weight is 715 g/mol. The monoisotopic (exact) mass is 714 g/mol. The van der Waals surface area contributed by atoms with Crippen LogP contribution in [0.2, 0.25) is 0 Å². The van der Waals surface area contributed by atoms with Crippen LogP contribution in [-0.2, 0) is 16.2 Å². The van der Waals surface area contributed by atoms with E-state index >= 15 is 0 Å². The Morgan fingerprint density at radius 2 is 1.28 bits per heavy atom. The molecular formula is C51H45BNS+. The second-order valence-corrected chi connectivity index (χ2v) is 19.2. The number of nitrogens with zero attached hydrogens (tertiary/aromatic N) is 1. The number of hydrogen-bond donors (Lipinski definition) is 0. The molecule has 0 spiro atoms. The number of benzene rings is 6. The van der Waals surface area contributed by atoms with Gasteiger partial charge in [-0.05, 0) is 99.0 Å². The van der Waals surface area contributed by atoms with Crippen molar-refractivity contribution in [2.75, 3.05) is 0 Å². The molecule has 0 radical (unpaired) electrons. The Labute approximate surface area is 323 Å². The van der Waals surface area contributed by atoms with Gasteiger partial charge in [-0.1, -0.05) is 133 Å². The summed E-state index contributed by atoms with van der Waals surface area (Å²) in [6.45, 7) is 14.9. The maximum atomic E-state index is 2.79. The largest absolute Gasteiger partial charge is 0.561 e. The minimum Gasteiger partial charge on any atom is -0.271 e. The summed E-state index contributed by atoms with van der Waals surface area (Å²) in [6, 6.07) is 46.7. The Morgan fingerprint density at radius 3 is 2.09 bits per heavy atom. The molecule has 0 saturated carbocycles. The normalized spacial score (nSPS) is 19.1. The van der Waals surface area contributed by atoms with Gasteiger partial charge in [0, 0.05) is 47.6 Å². The molecule has 11 rings (SSSR count). The summed E-state index contributed by atoms with van der Waals surface area (Å²) in [5.74, 6) is 0. The highest BCUT2D eigenvalue weighted by molar-refractivity contribution is 7.25. The van der Waals surface area contributed by atoms with E-state index < -0.39 is 0 Å². The molecule has 3 aliphatic heterocycles. The summed E-state index contributed by atoms with van der Waals surface area (Å²) in [5.41, 5.74) is 20.0. The molecule has 0 atom stereocenters. The number of hydrogen-bond acceptors (Lipinski definition) is 1. The van der Waals surface area contributed by atoms with Gasteiger partial charge in [0.2, 0.25) is 0 Å². The fourth-order valence-electron chi connectivity index (χ4n) is 10.7. The SMILES string of the molecule is CC1(C)CCC(C)(C)c2cc3c(cc21)B1c2c(cccc2C3(C)C)-c2cccc3c2[N+]1=C(c1ccccc1)C/C3=C/c1ccc2c(c1)sc1ccccc12. The molecule has 1 aromatic heterocycles. The smallest absolute Gasteiger partial charge is 0.271 e. The molecule has 6 aromatic carbocycles. The molecule has 0 bridgehead atoms. The van der Waals surface area contributed by atoms with E-state index in [1.165, 1.54) is 99.9 Å². The Kier molecular flexibility index (Phi) is 6.64. The van der Waals surface area contributed by atoms with Crippen LogP contribution in [0.1, 0.15) is 99.7 Å². The lowest BCUT2D eigenvalue weighted by Gasteiger charge is -2.46. The van der Waals surface area contributed by atoms with Crippen LogP contribution in [0.25, 0.3) is 42.9 Å². The van der Waals surface area contributed by atoms with Crippen LogP contribution < -0.4 is 10.9 Å². The minimum absolute atomic E-state index is 0.0886. The van der Waals surface area contributed by atoms with Crippen molar-refractivity contribution >= 4 is 72.3 Å². The number of para-hydroxylation sites is 1. The Balaban J connectivity index is 1.21. The van der Waals surface area contributed by atoms with Gasteiger partial charge in [0.1, 0.15) is 0 Å². The maximum Gasteiger partial charge on any atom is 0.561 e. The predicted octanol–water partition coefficient (Wildman–Crippen LogP) is 11.9. The van der Waals surface area contributed by atoms with E-state index in [1.54, 1.807) is 11.1 Å². The molecule has 262 valence electrons. The lowest BCUT2D eigenvalue weighted by atomic mass is 9.38. The van der Waals surface area contributed by atoms with E-state index in [9.17, 15) is 0 Å². The van der Waals surface area contributed by atoms with Crippen molar-refractivity contribution in [1.29, 1.82) is 0 Å². The van der Waals surface area contributed by atoms with Gasteiger partial charge in [-0.15, -0.1) is 11.3 Å². The van der Waals surface area contributed by atoms with E-state index in [-0.39, 0.29) is 23.1 Å². The van der Waals surface area contributed by atoms with Crippen molar-refractivity contribution in [3.05, 3.63) is 160 Å². The predicted molar refractivity (Wildman–Crippen MR) is 233 cm³/mol. The zero-order valence-corrected chi connectivity index (χ0v) is 33.0. The number of allylic oxidation sites excluding steroid dienone is 1. The van der Waals surface area contributed by atoms with Gasteiger partial charge in [-0.25, -0.2) is 0 Å². The molecule has 3 heteroatoms. The summed E-state index contributed by atoms with van der Waals surface area (Å²) in [4.78, 5) is 0. The van der Waals surface area contributed by atoms with Gasteiger partial charge in [0.15, 0.2) is 11.4 Å². The van der Waals surface area contributed by atoms with Crippen LogP contribution in [0.3, 0.4) is 0 Å². The molecular weight excluding hydrogens is 669 g/mol. The van der Waals surface area contributed by atoms with E-state index in [1.807, 2.05) is 11.3 Å². The van der Waals surface area contributed by atoms with Gasteiger partial charge in [0.25, 0.3) is 0 Å². The molecule has 4 heterocycles. The Hall–Kier alpha value is -4.99. The third-order valence-corrected chi connectivity index (χ3v) is 14.8. The number of rotatable bonds is 2. The highest BCUT2D eigenvalue weighted by Gasteiger charge is 2.56. The van der Waals surface area contributed by atoms with Crippen molar-refractivity contribution < 1.29 is 4.49 Å². The molecule has 4 aliphatic rings. The number of fused-ring (bicyclic) bond motifs is 8. The van der Waals surface area contributed by atoms with Gasteiger partial charge in [-0.3, -0.25) is 4.49 Å². The Morgan fingerprint density at radius 1 is 0.593 bits per heavy atom. The third-order valence-electron chi connectivity index (χ3n) is 13.7. The minimum atomic E-state index is -0.127. The second kappa shape index (κ2) is 11.0. The lowest BCUT2D eigenvalue weighted by molar-refractivity contribution is -0.283. The van der Waals surface area contributed by atoms with Gasteiger partial charge >= 0.3 is 6.85 Å². The molecule has 0 amide bonds. The average Bonchev–Trinajstić information content (AvgIpc) is 3.55. The lowest BCUT2D eigenvalue weighted by Crippen LogP contribution is -2.63. The fraction of sp³-hybridized carbons (Fsp3) is 0.235. The summed E-state index contributed by atoms with van der Waals surface area (Å²) in [7, 11) is 0. The van der Waals surface area contributed by atoms with Crippen molar-refractivity contribution in [3.63, 3.8) is 0 Å². The quantitative estimate of drug-likeness (QED) is 0.157. The number of thiophene rings is 1. The van der Waals surface area contributed by atoms with Crippen molar-refractivity contribution in [2.45, 2.75) is 77.0 Å². The topological polar surface area (TPSA) is 3.01 Å². The van der Waals surface area contributed by atoms with Crippen LogP contribution >= 0.6 is 11.3 Å². The molecule has 0 fully saturated rings. The first-order valence-electron chi connectivity index (χ1n) is 19.8. The van der Waals surface area contributed by atoms with Gasteiger partial charge < -0.3 is 0 Å². The molecule has 7 aromatic rings. The standard InChI is InChI=1S/C51H45BNS/c1-49(2)24-25-50(3,4)41-30-43-42(29-40(41)49)51(5,6)39-20-13-18-37-38-19-12-17-34-33(26-31-22-23-36-35-16-10-11-21-45(35)54-46(36)27-31)28-44(32-14-8-7-9-15-32)53(48(34)38)52(43)47(37)39/h7-23,26-27,29-30H,24-25,28H2,1-6H3/q+1/b33-26-. The van der Waals surface area contributed by atoms with Crippen LogP contribution in [0, 0.1) is 0 Å². The first-order valence-corrected chi connectivity index (χ1v) is 20.6. The Bertz CT molecular complexity index is 2830. The second-order valence-electron chi connectivity index (χ2n) is 18.1. The first-order chi connectivity index (χ1) is 26.0. The summed E-state index contributed by atoms with van der Waals surface area (Å²) < 4.78 is 5.49. The van der Waals surface area contributed by atoms with Crippen LogP contribution in [0.4, 0.5) is 5.69 Å². The summed E-state index contributed by atoms with van der Waals surface area (Å²) in [5, 5.41) is 2.70. The van der Waals surface area contributed by atoms with Crippen molar-refractivity contribution in [3.8, 4) is 11.1 Å². The molecule has 0 unspecified atom stereocenters. The highest BCUT2D eigenvalue weighted by atomic mass is 32.1. The molecule has 0 saturated heterocycles. The van der Waals surface area contributed by atoms with E-state index in [2.05, 4.69) is 173 Å². The van der Waals surface area contributed by atoms with Gasteiger partial charge in [-0.2, -0.15) is 0 Å².